The molecule has 0 spiro atoms. The van der Waals surface area contributed by atoms with Gasteiger partial charge in [0.25, 0.3) is 15.9 Å². The number of carbonyl (C=O) groups excluding carboxylic acids is 1. The zero-order valence-electron chi connectivity index (χ0n) is 17.4. The van der Waals surface area contributed by atoms with Crippen LogP contribution in [0.15, 0.2) is 88.4 Å². The number of hydrazine groups is 1. The van der Waals surface area contributed by atoms with Crippen LogP contribution in [0.4, 0.5) is 0 Å². The van der Waals surface area contributed by atoms with E-state index < -0.39 is 15.9 Å². The van der Waals surface area contributed by atoms with Crippen LogP contribution in [0.5, 0.6) is 0 Å². The topological polar surface area (TPSA) is 57.7 Å². The molecule has 0 radical (unpaired) electrons. The first-order valence-corrected chi connectivity index (χ1v) is 12.6. The fourth-order valence-electron chi connectivity index (χ4n) is 4.52. The monoisotopic (exact) mass is 508 g/mol. The smallest absolute Gasteiger partial charge is 0.272 e. The average molecular weight is 509 g/mol. The number of amides is 1. The van der Waals surface area contributed by atoms with E-state index in [1.54, 1.807) is 35.5 Å². The summed E-state index contributed by atoms with van der Waals surface area (Å²) in [6.45, 7) is 1.89. The van der Waals surface area contributed by atoms with E-state index in [0.717, 1.165) is 31.1 Å². The van der Waals surface area contributed by atoms with Gasteiger partial charge in [0.05, 0.1) is 10.9 Å². The molecule has 1 unspecified atom stereocenters. The fourth-order valence-corrected chi connectivity index (χ4v) is 6.46. The lowest BCUT2D eigenvalue weighted by molar-refractivity contribution is -0.144. The van der Waals surface area contributed by atoms with E-state index in [2.05, 4.69) is 15.9 Å². The van der Waals surface area contributed by atoms with Gasteiger partial charge in [-0.1, -0.05) is 76.1 Å². The summed E-state index contributed by atoms with van der Waals surface area (Å²) < 4.78 is 29.1. The maximum atomic E-state index is 13.6. The van der Waals surface area contributed by atoms with Crippen LogP contribution in [0.25, 0.3) is 6.08 Å². The maximum Gasteiger partial charge on any atom is 0.284 e. The molecule has 1 fully saturated rings. The third kappa shape index (κ3) is 3.36. The van der Waals surface area contributed by atoms with Crippen molar-refractivity contribution in [3.05, 3.63) is 106 Å². The van der Waals surface area contributed by atoms with E-state index in [0.29, 0.717) is 0 Å². The molecule has 0 saturated carbocycles. The van der Waals surface area contributed by atoms with Crippen LogP contribution in [0.3, 0.4) is 0 Å². The highest BCUT2D eigenvalue weighted by molar-refractivity contribution is 9.10. The predicted molar refractivity (Wildman–Crippen MR) is 127 cm³/mol. The second-order valence-corrected chi connectivity index (χ2v) is 10.7. The summed E-state index contributed by atoms with van der Waals surface area (Å²) in [5.74, 6) is -0.634. The van der Waals surface area contributed by atoms with Gasteiger partial charge in [-0.05, 0) is 47.9 Å². The van der Waals surface area contributed by atoms with Crippen LogP contribution in [0.2, 0.25) is 0 Å². The Kier molecular flexibility index (Phi) is 5.18. The molecule has 2 aliphatic heterocycles. The van der Waals surface area contributed by atoms with E-state index in [4.69, 9.17) is 0 Å². The van der Waals surface area contributed by atoms with Crippen molar-refractivity contribution in [1.82, 2.24) is 9.42 Å². The molecule has 0 aromatic heterocycles. The van der Waals surface area contributed by atoms with Crippen LogP contribution >= 0.6 is 15.9 Å². The van der Waals surface area contributed by atoms with Gasteiger partial charge in [0, 0.05) is 23.0 Å². The minimum absolute atomic E-state index is 0.0933. The summed E-state index contributed by atoms with van der Waals surface area (Å²) in [4.78, 5) is 13.5. The predicted octanol–water partition coefficient (Wildman–Crippen LogP) is 5.40. The fraction of sp³-hybridized carbons (Fsp3) is 0.160. The minimum Gasteiger partial charge on any atom is -0.272 e. The largest absolute Gasteiger partial charge is 0.284 e. The van der Waals surface area contributed by atoms with E-state index in [-0.39, 0.29) is 23.3 Å². The first-order chi connectivity index (χ1) is 15.4. The van der Waals surface area contributed by atoms with Crippen molar-refractivity contribution in [1.29, 1.82) is 0 Å². The Balaban J connectivity index is 1.67. The van der Waals surface area contributed by atoms with Crippen molar-refractivity contribution in [3.8, 4) is 0 Å². The molecule has 1 amide bonds. The lowest BCUT2D eigenvalue weighted by atomic mass is 9.80. The highest BCUT2D eigenvalue weighted by atomic mass is 79.9. The summed E-state index contributed by atoms with van der Waals surface area (Å²) in [5.41, 5.74) is 3.93. The van der Waals surface area contributed by atoms with Crippen LogP contribution in [0, 0.1) is 6.92 Å². The summed E-state index contributed by atoms with van der Waals surface area (Å²) in [6.07, 6.45) is 3.65. The number of hydrogen-bond donors (Lipinski definition) is 0. The summed E-state index contributed by atoms with van der Waals surface area (Å²) in [7, 11) is -4.07. The molecule has 5 rings (SSSR count). The Morgan fingerprint density at radius 1 is 0.938 bits per heavy atom. The average Bonchev–Trinajstić information content (AvgIpc) is 2.79. The van der Waals surface area contributed by atoms with E-state index in [1.165, 1.54) is 0 Å². The van der Waals surface area contributed by atoms with Crippen molar-refractivity contribution in [2.24, 2.45) is 0 Å². The molecule has 5 nitrogen and oxygen atoms in total. The molecule has 3 aromatic rings. The molecular formula is C25H21BrN2O3S. The standard InChI is InChI=1S/C25H21BrN2O3S/c1-17-10-12-19(13-11-17)32(30,31)28-24(29)16-22(18-6-3-2-4-7-18)25-21-8-5-9-23(26)20(21)14-15-27(25)28/h2-15,22,25H,16H2,1H3/t22-,25?/m1/s1. The molecule has 0 N–H and O–H groups in total. The first-order valence-electron chi connectivity index (χ1n) is 10.3. The SMILES string of the molecule is Cc1ccc(S(=O)(=O)N2C(=O)C[C@H](c3ccccc3)C3c4cccc(Br)c4C=CN32)cc1. The lowest BCUT2D eigenvalue weighted by Gasteiger charge is -2.48. The van der Waals surface area contributed by atoms with E-state index in [9.17, 15) is 13.2 Å². The number of hydrogen-bond acceptors (Lipinski definition) is 4. The highest BCUT2D eigenvalue weighted by Crippen LogP contribution is 2.48. The number of aryl methyl sites for hydroxylation is 1. The van der Waals surface area contributed by atoms with Crippen molar-refractivity contribution in [3.63, 3.8) is 0 Å². The molecule has 162 valence electrons. The molecule has 1 saturated heterocycles. The molecule has 0 bridgehead atoms. The normalized spacial score (nSPS) is 20.1. The van der Waals surface area contributed by atoms with Crippen molar-refractivity contribution >= 4 is 37.9 Å². The van der Waals surface area contributed by atoms with Crippen LogP contribution in [-0.2, 0) is 14.8 Å². The van der Waals surface area contributed by atoms with Gasteiger partial charge < -0.3 is 0 Å². The Bertz CT molecular complexity index is 1320. The van der Waals surface area contributed by atoms with Gasteiger partial charge in [0.2, 0.25) is 0 Å². The molecular weight excluding hydrogens is 488 g/mol. The van der Waals surface area contributed by atoms with Gasteiger partial charge in [0.15, 0.2) is 0 Å². The number of nitrogens with zero attached hydrogens (tertiary/aromatic N) is 2. The quantitative estimate of drug-likeness (QED) is 0.474. The molecule has 32 heavy (non-hydrogen) atoms. The van der Waals surface area contributed by atoms with Gasteiger partial charge in [-0.2, -0.15) is 8.42 Å². The van der Waals surface area contributed by atoms with E-state index >= 15 is 0 Å². The van der Waals surface area contributed by atoms with Crippen molar-refractivity contribution < 1.29 is 13.2 Å². The summed E-state index contributed by atoms with van der Waals surface area (Å²) in [5, 5.41) is 1.59. The Hall–Kier alpha value is -2.90. The minimum atomic E-state index is -4.07. The number of sulfonamides is 1. The lowest BCUT2D eigenvalue weighted by Crippen LogP contribution is -2.55. The van der Waals surface area contributed by atoms with Crippen LogP contribution in [0.1, 0.15) is 40.6 Å². The molecule has 2 aliphatic rings. The van der Waals surface area contributed by atoms with Gasteiger partial charge in [-0.15, -0.1) is 4.41 Å². The highest BCUT2D eigenvalue weighted by Gasteiger charge is 2.47. The first kappa shape index (κ1) is 21.0. The van der Waals surface area contributed by atoms with Crippen molar-refractivity contribution in [2.45, 2.75) is 30.2 Å². The number of fused-ring (bicyclic) bond motifs is 3. The zero-order chi connectivity index (χ0) is 22.5. The summed E-state index contributed by atoms with van der Waals surface area (Å²) >= 11 is 3.62. The third-order valence-electron chi connectivity index (χ3n) is 6.06. The Morgan fingerprint density at radius 2 is 1.66 bits per heavy atom. The van der Waals surface area contributed by atoms with Crippen molar-refractivity contribution in [2.75, 3.05) is 0 Å². The molecule has 0 aliphatic carbocycles. The Morgan fingerprint density at radius 3 is 2.38 bits per heavy atom. The second-order valence-electron chi connectivity index (χ2n) is 8.06. The van der Waals surface area contributed by atoms with Gasteiger partial charge in [-0.25, -0.2) is 0 Å². The molecule has 3 aromatic carbocycles. The molecule has 2 atom stereocenters. The second kappa shape index (κ2) is 7.90. The summed E-state index contributed by atoms with van der Waals surface area (Å²) in [6, 6.07) is 22.0. The van der Waals surface area contributed by atoms with Crippen LogP contribution in [-0.4, -0.2) is 23.7 Å². The zero-order valence-corrected chi connectivity index (χ0v) is 19.8. The number of benzene rings is 3. The van der Waals surface area contributed by atoms with Crippen LogP contribution < -0.4 is 0 Å². The maximum absolute atomic E-state index is 13.6. The van der Waals surface area contributed by atoms with Gasteiger partial charge in [-0.3, -0.25) is 9.80 Å². The third-order valence-corrected chi connectivity index (χ3v) is 8.46. The number of halogens is 1. The number of rotatable bonds is 3. The van der Waals surface area contributed by atoms with Gasteiger partial charge in [0.1, 0.15) is 0 Å². The Labute approximate surface area is 196 Å². The molecule has 2 heterocycles. The van der Waals surface area contributed by atoms with E-state index in [1.807, 2.05) is 61.5 Å². The molecule has 7 heteroatoms. The van der Waals surface area contributed by atoms with Gasteiger partial charge >= 0.3 is 0 Å². The number of carbonyl (C=O) groups is 1.